The molecule has 1 aromatic carbocycles. The number of nitrogens with one attached hydrogen (secondary N) is 1. The lowest BCUT2D eigenvalue weighted by Gasteiger charge is -2.25. The summed E-state index contributed by atoms with van der Waals surface area (Å²) in [5.74, 6) is -0.760. The summed E-state index contributed by atoms with van der Waals surface area (Å²) >= 11 is 0. The van der Waals surface area contributed by atoms with Crippen LogP contribution in [0.2, 0.25) is 0 Å². The van der Waals surface area contributed by atoms with Crippen molar-refractivity contribution in [3.8, 4) is 5.75 Å². The molecule has 0 aromatic heterocycles. The maximum atomic E-state index is 13.5. The zero-order valence-corrected chi connectivity index (χ0v) is 10.9. The fourth-order valence-electron chi connectivity index (χ4n) is 1.61. The Morgan fingerprint density at radius 1 is 1.50 bits per heavy atom. The normalized spacial score (nSPS) is 11.2. The second-order valence-electron chi connectivity index (χ2n) is 4.73. The Morgan fingerprint density at radius 2 is 2.17 bits per heavy atom. The van der Waals surface area contributed by atoms with Crippen molar-refractivity contribution in [2.24, 2.45) is 5.73 Å². The molecule has 0 fully saturated rings. The first-order valence-corrected chi connectivity index (χ1v) is 5.76. The monoisotopic (exact) mass is 254 g/mol. The first-order chi connectivity index (χ1) is 8.39. The van der Waals surface area contributed by atoms with Crippen LogP contribution in [0.25, 0.3) is 0 Å². The molecule has 18 heavy (non-hydrogen) atoms. The molecule has 0 aliphatic carbocycles. The van der Waals surface area contributed by atoms with Gasteiger partial charge in [-0.15, -0.1) is 0 Å². The molecule has 0 heterocycles. The van der Waals surface area contributed by atoms with Crippen molar-refractivity contribution in [2.45, 2.75) is 25.8 Å². The van der Waals surface area contributed by atoms with Gasteiger partial charge < -0.3 is 15.8 Å². The third-order valence-corrected chi connectivity index (χ3v) is 2.64. The summed E-state index contributed by atoms with van der Waals surface area (Å²) < 4.78 is 18.3. The molecule has 3 N–H and O–H groups in total. The topological polar surface area (TPSA) is 64.3 Å². The molecule has 0 saturated heterocycles. The van der Waals surface area contributed by atoms with Crippen LogP contribution in [0.3, 0.4) is 0 Å². The predicted octanol–water partition coefficient (Wildman–Crippen LogP) is 1.69. The average molecular weight is 254 g/mol. The van der Waals surface area contributed by atoms with Gasteiger partial charge in [0.1, 0.15) is 0 Å². The van der Waals surface area contributed by atoms with E-state index in [4.69, 9.17) is 10.5 Å². The van der Waals surface area contributed by atoms with E-state index in [-0.39, 0.29) is 17.2 Å². The number of amides is 1. The average Bonchev–Trinajstić information content (AvgIpc) is 2.28. The Balaban J connectivity index is 2.82. The van der Waals surface area contributed by atoms with Gasteiger partial charge in [0.2, 0.25) is 0 Å². The molecule has 0 aliphatic heterocycles. The third kappa shape index (κ3) is 3.70. The zero-order valence-electron chi connectivity index (χ0n) is 10.9. The van der Waals surface area contributed by atoms with Crippen LogP contribution in [-0.2, 0) is 0 Å². The molecule has 100 valence electrons. The third-order valence-electron chi connectivity index (χ3n) is 2.64. The van der Waals surface area contributed by atoms with E-state index in [1.54, 1.807) is 0 Å². The fraction of sp³-hybridized carbons (Fsp3) is 0.462. The largest absolute Gasteiger partial charge is 0.494 e. The van der Waals surface area contributed by atoms with E-state index in [2.05, 4.69) is 5.32 Å². The van der Waals surface area contributed by atoms with Gasteiger partial charge in [-0.3, -0.25) is 4.79 Å². The summed E-state index contributed by atoms with van der Waals surface area (Å²) in [5.41, 5.74) is 5.31. The lowest BCUT2D eigenvalue weighted by molar-refractivity contribution is 0.0910. The Morgan fingerprint density at radius 3 is 2.67 bits per heavy atom. The Labute approximate surface area is 106 Å². The van der Waals surface area contributed by atoms with Crippen LogP contribution >= 0.6 is 0 Å². The summed E-state index contributed by atoms with van der Waals surface area (Å²) in [6.45, 7) is 4.22. The number of nitrogens with two attached hydrogens (primary N) is 1. The number of hydrogen-bond acceptors (Lipinski definition) is 3. The summed E-state index contributed by atoms with van der Waals surface area (Å²) in [6, 6.07) is 4.11. The van der Waals surface area contributed by atoms with Gasteiger partial charge in [0.25, 0.3) is 5.91 Å². The Hall–Kier alpha value is -1.62. The molecule has 0 radical (unpaired) electrons. The van der Waals surface area contributed by atoms with E-state index in [1.165, 1.54) is 19.2 Å². The van der Waals surface area contributed by atoms with Crippen molar-refractivity contribution in [3.05, 3.63) is 29.6 Å². The lowest BCUT2D eigenvalue weighted by Crippen LogP contribution is -2.44. The van der Waals surface area contributed by atoms with Gasteiger partial charge in [-0.05, 0) is 45.0 Å². The molecule has 4 nitrogen and oxygen atoms in total. The van der Waals surface area contributed by atoms with Gasteiger partial charge in [-0.25, -0.2) is 4.39 Å². The van der Waals surface area contributed by atoms with Gasteiger partial charge in [0, 0.05) is 11.1 Å². The lowest BCUT2D eigenvalue weighted by atomic mass is 10.00. The number of halogens is 1. The summed E-state index contributed by atoms with van der Waals surface area (Å²) in [6.07, 6.45) is 0.650. The van der Waals surface area contributed by atoms with Gasteiger partial charge in [0.05, 0.1) is 7.11 Å². The molecule has 5 heteroatoms. The highest BCUT2D eigenvalue weighted by molar-refractivity contribution is 5.94. The molecule has 1 aromatic rings. The van der Waals surface area contributed by atoms with Crippen molar-refractivity contribution in [1.82, 2.24) is 5.32 Å². The van der Waals surface area contributed by atoms with Gasteiger partial charge in [-0.2, -0.15) is 0 Å². The van der Waals surface area contributed by atoms with Crippen LogP contribution < -0.4 is 15.8 Å². The first kappa shape index (κ1) is 14.4. The molecule has 0 bridgehead atoms. The van der Waals surface area contributed by atoms with Crippen molar-refractivity contribution in [1.29, 1.82) is 0 Å². The van der Waals surface area contributed by atoms with Crippen LogP contribution in [0.15, 0.2) is 18.2 Å². The summed E-state index contributed by atoms with van der Waals surface area (Å²) in [4.78, 5) is 11.9. The van der Waals surface area contributed by atoms with E-state index in [9.17, 15) is 9.18 Å². The molecule has 1 rings (SSSR count). The second-order valence-corrected chi connectivity index (χ2v) is 4.73. The van der Waals surface area contributed by atoms with Crippen LogP contribution in [-0.4, -0.2) is 25.1 Å². The number of hydrogen-bond donors (Lipinski definition) is 2. The zero-order chi connectivity index (χ0) is 13.8. The molecule has 0 spiro atoms. The molecule has 1 amide bonds. The molecule has 0 unspecified atom stereocenters. The van der Waals surface area contributed by atoms with Gasteiger partial charge in [0.15, 0.2) is 11.6 Å². The summed E-state index contributed by atoms with van der Waals surface area (Å²) in [5, 5.41) is 2.81. The van der Waals surface area contributed by atoms with Crippen LogP contribution in [0.5, 0.6) is 5.75 Å². The molecule has 0 atom stereocenters. The highest BCUT2D eigenvalue weighted by Crippen LogP contribution is 2.18. The van der Waals surface area contributed by atoms with Crippen LogP contribution in [0.4, 0.5) is 4.39 Å². The van der Waals surface area contributed by atoms with Crippen molar-refractivity contribution < 1.29 is 13.9 Å². The quantitative estimate of drug-likeness (QED) is 0.840. The molecule has 0 saturated carbocycles. The van der Waals surface area contributed by atoms with E-state index in [1.807, 2.05) is 13.8 Å². The van der Waals surface area contributed by atoms with E-state index in [0.717, 1.165) is 6.07 Å². The van der Waals surface area contributed by atoms with E-state index >= 15 is 0 Å². The minimum Gasteiger partial charge on any atom is -0.494 e. The maximum absolute atomic E-state index is 13.5. The molecular formula is C13H19FN2O2. The maximum Gasteiger partial charge on any atom is 0.251 e. The van der Waals surface area contributed by atoms with Gasteiger partial charge in [-0.1, -0.05) is 0 Å². The smallest absolute Gasteiger partial charge is 0.251 e. The number of rotatable bonds is 5. The fourth-order valence-corrected chi connectivity index (χ4v) is 1.61. The van der Waals surface area contributed by atoms with Gasteiger partial charge >= 0.3 is 0 Å². The minimum absolute atomic E-state index is 0.118. The van der Waals surface area contributed by atoms with Crippen molar-refractivity contribution >= 4 is 5.91 Å². The molecular weight excluding hydrogens is 235 g/mol. The number of ether oxygens (including phenoxy) is 1. The SMILES string of the molecule is COc1ccc(C(=O)NC(C)(C)CCN)cc1F. The van der Waals surface area contributed by atoms with E-state index < -0.39 is 11.4 Å². The van der Waals surface area contributed by atoms with E-state index in [0.29, 0.717) is 13.0 Å². The number of carbonyl (C=O) groups is 1. The number of methoxy groups -OCH3 is 1. The first-order valence-electron chi connectivity index (χ1n) is 5.76. The second kappa shape index (κ2) is 5.82. The Bertz CT molecular complexity index is 433. The van der Waals surface area contributed by atoms with Crippen molar-refractivity contribution in [2.75, 3.05) is 13.7 Å². The Kier molecular flexibility index (Phi) is 4.67. The number of carbonyl (C=O) groups excluding carboxylic acids is 1. The highest BCUT2D eigenvalue weighted by Gasteiger charge is 2.20. The standard InChI is InChI=1S/C13H19FN2O2/c1-13(2,6-7-15)16-12(17)9-4-5-11(18-3)10(14)8-9/h4-5,8H,6-7,15H2,1-3H3,(H,16,17). The predicted molar refractivity (Wildman–Crippen MR) is 68.2 cm³/mol. The molecule has 0 aliphatic rings. The van der Waals surface area contributed by atoms with Crippen LogP contribution in [0, 0.1) is 5.82 Å². The summed E-state index contributed by atoms with van der Waals surface area (Å²) in [7, 11) is 1.38. The van der Waals surface area contributed by atoms with Crippen LogP contribution in [0.1, 0.15) is 30.6 Å². The highest BCUT2D eigenvalue weighted by atomic mass is 19.1. The minimum atomic E-state index is -0.554. The number of benzene rings is 1. The van der Waals surface area contributed by atoms with Crippen molar-refractivity contribution in [3.63, 3.8) is 0 Å².